The number of aliphatic hydroxyl groups is 1. The summed E-state index contributed by atoms with van der Waals surface area (Å²) in [7, 11) is 0. The van der Waals surface area contributed by atoms with E-state index in [0.717, 1.165) is 16.8 Å². The summed E-state index contributed by atoms with van der Waals surface area (Å²) in [4.78, 5) is 12.6. The topological polar surface area (TPSA) is 49.3 Å². The van der Waals surface area contributed by atoms with Crippen LogP contribution in [0.1, 0.15) is 11.1 Å². The van der Waals surface area contributed by atoms with Crippen molar-refractivity contribution in [2.45, 2.75) is 5.75 Å². The zero-order chi connectivity index (χ0) is 13.9. The van der Waals surface area contributed by atoms with Crippen molar-refractivity contribution in [1.82, 2.24) is 0 Å². The van der Waals surface area contributed by atoms with Gasteiger partial charge in [0.15, 0.2) is 0 Å². The normalized spacial score (nSPS) is 13.8. The van der Waals surface area contributed by atoms with E-state index >= 15 is 0 Å². The van der Waals surface area contributed by atoms with Gasteiger partial charge in [-0.05, 0) is 17.7 Å². The number of amides is 1. The van der Waals surface area contributed by atoms with Crippen molar-refractivity contribution >= 4 is 29.1 Å². The second-order valence-corrected chi connectivity index (χ2v) is 5.43. The maximum Gasteiger partial charge on any atom is 0.265 e. The van der Waals surface area contributed by atoms with Crippen LogP contribution in [0.3, 0.4) is 0 Å². The lowest BCUT2D eigenvalue weighted by atomic mass is 10.1. The minimum absolute atomic E-state index is 0.0604. The van der Waals surface area contributed by atoms with Crippen molar-refractivity contribution < 1.29 is 9.90 Å². The molecule has 0 atom stereocenters. The number of rotatable bonds is 2. The first-order valence-corrected chi connectivity index (χ1v) is 7.25. The number of anilines is 1. The summed E-state index contributed by atoms with van der Waals surface area (Å²) >= 11 is 1.36. The molecule has 2 N–H and O–H groups in total. The third kappa shape index (κ3) is 2.42. The Morgan fingerprint density at radius 3 is 2.55 bits per heavy atom. The monoisotopic (exact) mass is 283 g/mol. The molecule has 0 spiro atoms. The van der Waals surface area contributed by atoms with E-state index in [4.69, 9.17) is 0 Å². The lowest BCUT2D eigenvalue weighted by molar-refractivity contribution is -0.112. The van der Waals surface area contributed by atoms with Gasteiger partial charge in [0.25, 0.3) is 5.91 Å². The number of thioether (sulfide) groups is 1. The number of carbonyl (C=O) groups excluding carboxylic acids is 1. The SMILES string of the molecule is O=C(Nc1ccccc1)C1=C(O)c2ccccc2CS1. The van der Waals surface area contributed by atoms with Crippen molar-refractivity contribution in [2.75, 3.05) is 5.32 Å². The minimum atomic E-state index is -0.270. The van der Waals surface area contributed by atoms with Crippen molar-refractivity contribution in [1.29, 1.82) is 0 Å². The summed E-state index contributed by atoms with van der Waals surface area (Å²) in [5.41, 5.74) is 2.51. The van der Waals surface area contributed by atoms with Gasteiger partial charge >= 0.3 is 0 Å². The molecule has 0 saturated heterocycles. The first-order valence-electron chi connectivity index (χ1n) is 6.26. The number of benzene rings is 2. The van der Waals surface area contributed by atoms with Gasteiger partial charge in [-0.1, -0.05) is 42.5 Å². The van der Waals surface area contributed by atoms with Gasteiger partial charge in [-0.3, -0.25) is 4.79 Å². The predicted octanol–water partition coefficient (Wildman–Crippen LogP) is 3.80. The lowest BCUT2D eigenvalue weighted by Crippen LogP contribution is -2.16. The zero-order valence-corrected chi connectivity index (χ0v) is 11.5. The van der Waals surface area contributed by atoms with Crippen LogP contribution in [0.4, 0.5) is 5.69 Å². The minimum Gasteiger partial charge on any atom is -0.506 e. The predicted molar refractivity (Wildman–Crippen MR) is 82.4 cm³/mol. The quantitative estimate of drug-likeness (QED) is 0.881. The Labute approximate surface area is 121 Å². The molecular weight excluding hydrogens is 270 g/mol. The fourth-order valence-corrected chi connectivity index (χ4v) is 3.08. The molecule has 2 aromatic rings. The molecule has 0 fully saturated rings. The first-order chi connectivity index (χ1) is 9.75. The standard InChI is InChI=1S/C16H13NO2S/c18-14-13-9-5-4-6-11(13)10-20-15(14)16(19)17-12-7-2-1-3-8-12/h1-9,18H,10H2,(H,17,19). The van der Waals surface area contributed by atoms with Crippen LogP contribution in [0.5, 0.6) is 0 Å². The van der Waals surface area contributed by atoms with E-state index in [9.17, 15) is 9.90 Å². The highest BCUT2D eigenvalue weighted by Crippen LogP contribution is 2.36. The van der Waals surface area contributed by atoms with Crippen LogP contribution >= 0.6 is 11.8 Å². The Balaban J connectivity index is 1.89. The molecule has 0 aliphatic carbocycles. The van der Waals surface area contributed by atoms with E-state index in [2.05, 4.69) is 5.32 Å². The smallest absolute Gasteiger partial charge is 0.265 e. The molecule has 1 heterocycles. The molecule has 1 aliphatic heterocycles. The van der Waals surface area contributed by atoms with Gasteiger partial charge in [0, 0.05) is 17.0 Å². The van der Waals surface area contributed by atoms with Gasteiger partial charge in [0.1, 0.15) is 10.7 Å². The molecule has 1 amide bonds. The number of fused-ring (bicyclic) bond motifs is 1. The van der Waals surface area contributed by atoms with Crippen LogP contribution in [0.25, 0.3) is 5.76 Å². The molecule has 0 bridgehead atoms. The maximum atomic E-state index is 12.2. The second-order valence-electron chi connectivity index (χ2n) is 4.44. The molecule has 0 radical (unpaired) electrons. The van der Waals surface area contributed by atoms with Crippen molar-refractivity contribution in [3.05, 3.63) is 70.6 Å². The number of para-hydroxylation sites is 1. The molecule has 1 aliphatic rings. The highest BCUT2D eigenvalue weighted by Gasteiger charge is 2.23. The zero-order valence-electron chi connectivity index (χ0n) is 10.7. The Kier molecular flexibility index (Phi) is 3.48. The van der Waals surface area contributed by atoms with E-state index in [1.165, 1.54) is 11.8 Å². The molecule has 0 aromatic heterocycles. The summed E-state index contributed by atoms with van der Waals surface area (Å²) in [6.07, 6.45) is 0. The molecule has 0 unspecified atom stereocenters. The van der Waals surface area contributed by atoms with Crippen LogP contribution in [0.15, 0.2) is 59.5 Å². The van der Waals surface area contributed by atoms with Crippen LogP contribution < -0.4 is 5.32 Å². The van der Waals surface area contributed by atoms with E-state index in [0.29, 0.717) is 10.7 Å². The summed E-state index contributed by atoms with van der Waals surface area (Å²) in [5, 5.41) is 13.1. The largest absolute Gasteiger partial charge is 0.506 e. The molecule has 4 heteroatoms. The fraction of sp³-hybridized carbons (Fsp3) is 0.0625. The number of carbonyl (C=O) groups is 1. The maximum absolute atomic E-state index is 12.2. The first kappa shape index (κ1) is 12.8. The summed E-state index contributed by atoms with van der Waals surface area (Å²) < 4.78 is 0. The van der Waals surface area contributed by atoms with Crippen molar-refractivity contribution in [3.63, 3.8) is 0 Å². The van der Waals surface area contributed by atoms with Gasteiger partial charge in [-0.15, -0.1) is 11.8 Å². The van der Waals surface area contributed by atoms with E-state index in [1.807, 2.05) is 54.6 Å². The summed E-state index contributed by atoms with van der Waals surface area (Å²) in [5.74, 6) is 0.483. The average molecular weight is 283 g/mol. The fourth-order valence-electron chi connectivity index (χ4n) is 2.10. The Morgan fingerprint density at radius 2 is 1.75 bits per heavy atom. The number of hydrogen-bond acceptors (Lipinski definition) is 3. The van der Waals surface area contributed by atoms with Crippen molar-refractivity contribution in [2.24, 2.45) is 0 Å². The average Bonchev–Trinajstić information content (AvgIpc) is 2.49. The van der Waals surface area contributed by atoms with Gasteiger partial charge < -0.3 is 10.4 Å². The molecule has 100 valence electrons. The Bertz CT molecular complexity index is 680. The van der Waals surface area contributed by atoms with Gasteiger partial charge in [0.05, 0.1) is 0 Å². The highest BCUT2D eigenvalue weighted by atomic mass is 32.2. The highest BCUT2D eigenvalue weighted by molar-refractivity contribution is 8.03. The Hall–Kier alpha value is -2.20. The van der Waals surface area contributed by atoms with E-state index in [-0.39, 0.29) is 11.7 Å². The van der Waals surface area contributed by atoms with E-state index in [1.54, 1.807) is 0 Å². The van der Waals surface area contributed by atoms with Crippen LogP contribution in [0, 0.1) is 0 Å². The number of hydrogen-bond donors (Lipinski definition) is 2. The molecule has 0 saturated carbocycles. The molecular formula is C16H13NO2S. The molecule has 3 nitrogen and oxygen atoms in total. The number of aliphatic hydroxyl groups excluding tert-OH is 1. The van der Waals surface area contributed by atoms with Crippen LogP contribution in [-0.4, -0.2) is 11.0 Å². The third-order valence-electron chi connectivity index (χ3n) is 3.10. The molecule has 20 heavy (non-hydrogen) atoms. The lowest BCUT2D eigenvalue weighted by Gasteiger charge is -2.18. The van der Waals surface area contributed by atoms with E-state index < -0.39 is 0 Å². The van der Waals surface area contributed by atoms with Crippen molar-refractivity contribution in [3.8, 4) is 0 Å². The van der Waals surface area contributed by atoms with Gasteiger partial charge in [0.2, 0.25) is 0 Å². The molecule has 2 aromatic carbocycles. The van der Waals surface area contributed by atoms with Gasteiger partial charge in [-0.25, -0.2) is 0 Å². The van der Waals surface area contributed by atoms with Crippen LogP contribution in [-0.2, 0) is 10.5 Å². The summed E-state index contributed by atoms with van der Waals surface area (Å²) in [6, 6.07) is 16.8. The van der Waals surface area contributed by atoms with Crippen LogP contribution in [0.2, 0.25) is 0 Å². The summed E-state index contributed by atoms with van der Waals surface area (Å²) in [6.45, 7) is 0. The second kappa shape index (κ2) is 5.43. The Morgan fingerprint density at radius 1 is 1.05 bits per heavy atom. The third-order valence-corrected chi connectivity index (χ3v) is 4.22. The number of nitrogens with one attached hydrogen (secondary N) is 1. The molecule has 3 rings (SSSR count). The van der Waals surface area contributed by atoms with Gasteiger partial charge in [-0.2, -0.15) is 0 Å².